The Bertz CT molecular complexity index is 1150. The molecule has 0 amide bonds. The number of hydrogen-bond acceptors (Lipinski definition) is 4. The van der Waals surface area contributed by atoms with E-state index in [1.807, 2.05) is 6.07 Å². The number of anilines is 1. The average molecular weight is 430 g/mol. The molecule has 3 rings (SSSR count). The van der Waals surface area contributed by atoms with Gasteiger partial charge in [-0.15, -0.1) is 0 Å². The van der Waals surface area contributed by atoms with Crippen LogP contribution >= 0.6 is 0 Å². The summed E-state index contributed by atoms with van der Waals surface area (Å²) in [5.74, 6) is 0.556. The van der Waals surface area contributed by atoms with Gasteiger partial charge in [-0.25, -0.2) is 12.8 Å². The Kier molecular flexibility index (Phi) is 6.31. The maximum Gasteiger partial charge on any atom is 0.264 e. The first-order valence-electron chi connectivity index (χ1n) is 9.36. The van der Waals surface area contributed by atoms with Crippen LogP contribution in [0.1, 0.15) is 24.1 Å². The van der Waals surface area contributed by atoms with Gasteiger partial charge in [0.15, 0.2) is 0 Å². The third-order valence-corrected chi connectivity index (χ3v) is 6.83. The Balaban J connectivity index is 2.19. The van der Waals surface area contributed by atoms with Gasteiger partial charge in [0.1, 0.15) is 17.3 Å². The quantitative estimate of drug-likeness (QED) is 0.524. The molecule has 0 saturated heterocycles. The van der Waals surface area contributed by atoms with Crippen molar-refractivity contribution in [1.29, 1.82) is 0 Å². The van der Waals surface area contributed by atoms with Gasteiger partial charge in [0.25, 0.3) is 10.0 Å². The molecule has 0 spiro atoms. The van der Waals surface area contributed by atoms with Gasteiger partial charge >= 0.3 is 0 Å². The number of hydrogen-bond donors (Lipinski definition) is 0. The lowest BCUT2D eigenvalue weighted by Gasteiger charge is -2.31. The largest absolute Gasteiger partial charge is 0.497 e. The average Bonchev–Trinajstić information content (AvgIpc) is 2.75. The Hall–Kier alpha value is -3.06. The minimum atomic E-state index is -4.09. The van der Waals surface area contributed by atoms with Gasteiger partial charge in [-0.1, -0.05) is 24.3 Å². The minimum Gasteiger partial charge on any atom is -0.497 e. The normalized spacial score (nSPS) is 12.3. The maximum atomic E-state index is 14.2. The third kappa shape index (κ3) is 4.26. The Morgan fingerprint density at radius 3 is 2.17 bits per heavy atom. The molecule has 1 atom stereocenters. The van der Waals surface area contributed by atoms with E-state index in [9.17, 15) is 12.8 Å². The van der Waals surface area contributed by atoms with Gasteiger partial charge in [-0.05, 0) is 61.4 Å². The highest BCUT2D eigenvalue weighted by atomic mass is 32.2. The molecule has 0 aliphatic heterocycles. The Labute approximate surface area is 176 Å². The molecule has 1 unspecified atom stereocenters. The maximum absolute atomic E-state index is 14.2. The van der Waals surface area contributed by atoms with E-state index in [1.54, 1.807) is 63.4 Å². The van der Waals surface area contributed by atoms with Crippen molar-refractivity contribution in [2.75, 3.05) is 18.5 Å². The molecule has 3 aromatic rings. The first-order chi connectivity index (χ1) is 14.3. The Morgan fingerprint density at radius 1 is 0.900 bits per heavy atom. The van der Waals surface area contributed by atoms with Gasteiger partial charge in [-0.3, -0.25) is 4.31 Å². The smallest absolute Gasteiger partial charge is 0.264 e. The monoisotopic (exact) mass is 429 g/mol. The number of methoxy groups -OCH3 is 2. The fourth-order valence-electron chi connectivity index (χ4n) is 3.20. The zero-order valence-corrected chi connectivity index (χ0v) is 18.1. The highest BCUT2D eigenvalue weighted by molar-refractivity contribution is 7.92. The van der Waals surface area contributed by atoms with Crippen molar-refractivity contribution in [2.24, 2.45) is 0 Å². The molecule has 0 bridgehead atoms. The molecule has 0 saturated carbocycles. The summed E-state index contributed by atoms with van der Waals surface area (Å²) < 4.78 is 53.3. The van der Waals surface area contributed by atoms with Crippen LogP contribution in [0.25, 0.3) is 0 Å². The van der Waals surface area contributed by atoms with Gasteiger partial charge in [0.2, 0.25) is 0 Å². The van der Waals surface area contributed by atoms with Gasteiger partial charge in [0, 0.05) is 6.07 Å². The SMILES string of the molecule is COc1cccc(C(C)N(c2cccc(OC)c2)S(=O)(=O)c2ccc(C)c(F)c2)c1. The van der Waals surface area contributed by atoms with E-state index in [-0.39, 0.29) is 4.90 Å². The summed E-state index contributed by atoms with van der Waals surface area (Å²) in [6, 6.07) is 17.3. The van der Waals surface area contributed by atoms with E-state index in [4.69, 9.17) is 9.47 Å². The fourth-order valence-corrected chi connectivity index (χ4v) is 4.85. The van der Waals surface area contributed by atoms with Crippen LogP contribution in [0.5, 0.6) is 11.5 Å². The molecule has 0 heterocycles. The van der Waals surface area contributed by atoms with Crippen LogP contribution in [-0.4, -0.2) is 22.6 Å². The summed E-state index contributed by atoms with van der Waals surface area (Å²) in [5, 5.41) is 0. The number of nitrogens with zero attached hydrogens (tertiary/aromatic N) is 1. The summed E-state index contributed by atoms with van der Waals surface area (Å²) in [4.78, 5) is -0.122. The third-order valence-electron chi connectivity index (χ3n) is 4.94. The van der Waals surface area contributed by atoms with Crippen LogP contribution in [0.4, 0.5) is 10.1 Å². The number of sulfonamides is 1. The van der Waals surface area contributed by atoms with Crippen molar-refractivity contribution in [2.45, 2.75) is 24.8 Å². The van der Waals surface area contributed by atoms with Crippen molar-refractivity contribution in [3.05, 3.63) is 83.7 Å². The van der Waals surface area contributed by atoms with Crippen molar-refractivity contribution in [3.8, 4) is 11.5 Å². The molecule has 0 fully saturated rings. The molecule has 30 heavy (non-hydrogen) atoms. The first kappa shape index (κ1) is 21.6. The second-order valence-electron chi connectivity index (χ2n) is 6.87. The van der Waals surface area contributed by atoms with E-state index in [0.717, 1.165) is 11.6 Å². The topological polar surface area (TPSA) is 55.8 Å². The summed E-state index contributed by atoms with van der Waals surface area (Å²) in [7, 11) is -1.02. The van der Waals surface area contributed by atoms with E-state index >= 15 is 0 Å². The van der Waals surface area contributed by atoms with Gasteiger partial charge < -0.3 is 9.47 Å². The molecule has 0 radical (unpaired) electrons. The summed E-state index contributed by atoms with van der Waals surface area (Å²) in [6.45, 7) is 3.36. The van der Waals surface area contributed by atoms with E-state index in [1.165, 1.54) is 23.5 Å². The van der Waals surface area contributed by atoms with Crippen LogP contribution < -0.4 is 13.8 Å². The lowest BCUT2D eigenvalue weighted by Crippen LogP contribution is -2.33. The van der Waals surface area contributed by atoms with E-state index < -0.39 is 21.9 Å². The van der Waals surface area contributed by atoms with Crippen molar-refractivity contribution < 1.29 is 22.3 Å². The second kappa shape index (κ2) is 8.75. The van der Waals surface area contributed by atoms with Crippen LogP contribution in [0.3, 0.4) is 0 Å². The number of ether oxygens (including phenoxy) is 2. The molecular weight excluding hydrogens is 405 g/mol. The molecule has 3 aromatic carbocycles. The molecule has 0 aromatic heterocycles. The summed E-state index contributed by atoms with van der Waals surface area (Å²) in [6.07, 6.45) is 0. The fraction of sp³-hybridized carbons (Fsp3) is 0.217. The van der Waals surface area contributed by atoms with Crippen LogP contribution in [0, 0.1) is 12.7 Å². The number of rotatable bonds is 7. The highest BCUT2D eigenvalue weighted by Crippen LogP contribution is 2.36. The second-order valence-corrected chi connectivity index (χ2v) is 8.68. The van der Waals surface area contributed by atoms with Crippen molar-refractivity contribution >= 4 is 15.7 Å². The number of benzene rings is 3. The van der Waals surface area contributed by atoms with Crippen molar-refractivity contribution in [3.63, 3.8) is 0 Å². The number of aryl methyl sites for hydroxylation is 1. The molecule has 0 N–H and O–H groups in total. The predicted molar refractivity (Wildman–Crippen MR) is 115 cm³/mol. The molecule has 158 valence electrons. The Morgan fingerprint density at radius 2 is 1.53 bits per heavy atom. The van der Waals surface area contributed by atoms with Gasteiger partial charge in [0.05, 0.1) is 30.8 Å². The molecule has 5 nitrogen and oxygen atoms in total. The van der Waals surface area contributed by atoms with Crippen LogP contribution in [0.15, 0.2) is 71.6 Å². The zero-order valence-electron chi connectivity index (χ0n) is 17.3. The summed E-state index contributed by atoms with van der Waals surface area (Å²) in [5.41, 5.74) is 1.52. The lowest BCUT2D eigenvalue weighted by atomic mass is 10.1. The van der Waals surface area contributed by atoms with Gasteiger partial charge in [-0.2, -0.15) is 0 Å². The molecular formula is C23H24FNO4S. The van der Waals surface area contributed by atoms with Crippen LogP contribution in [-0.2, 0) is 10.0 Å². The standard InChI is InChI=1S/C23H24FNO4S/c1-16-11-12-22(15-23(16)24)30(26,27)25(19-8-6-10-21(14-19)29-4)17(2)18-7-5-9-20(13-18)28-3/h5-15,17H,1-4H3. The summed E-state index contributed by atoms with van der Waals surface area (Å²) >= 11 is 0. The van der Waals surface area contributed by atoms with Crippen molar-refractivity contribution in [1.82, 2.24) is 0 Å². The number of halogens is 1. The first-order valence-corrected chi connectivity index (χ1v) is 10.8. The molecule has 7 heteroatoms. The zero-order chi connectivity index (χ0) is 21.9. The molecule has 0 aliphatic rings. The molecule has 0 aliphatic carbocycles. The lowest BCUT2D eigenvalue weighted by molar-refractivity contribution is 0.413. The predicted octanol–water partition coefficient (Wildman–Crippen LogP) is 5.11. The highest BCUT2D eigenvalue weighted by Gasteiger charge is 2.31. The van der Waals surface area contributed by atoms with E-state index in [0.29, 0.717) is 22.7 Å². The minimum absolute atomic E-state index is 0.122. The van der Waals surface area contributed by atoms with Crippen LogP contribution in [0.2, 0.25) is 0 Å². The van der Waals surface area contributed by atoms with E-state index in [2.05, 4.69) is 0 Å².